The SMILES string of the molecule is O=C(Nc1nnc(-c2ccco2)o1)c1ccncc1. The molecule has 0 saturated heterocycles. The predicted molar refractivity (Wildman–Crippen MR) is 64.2 cm³/mol. The fourth-order valence-corrected chi connectivity index (χ4v) is 1.45. The molecular formula is C12H8N4O3. The third-order valence-electron chi connectivity index (χ3n) is 2.32. The number of aromatic nitrogens is 3. The third-order valence-corrected chi connectivity index (χ3v) is 2.32. The molecule has 3 heterocycles. The number of amides is 1. The second-order valence-corrected chi connectivity index (χ2v) is 3.58. The Kier molecular flexibility index (Phi) is 2.77. The minimum absolute atomic E-state index is 0.00760. The molecule has 19 heavy (non-hydrogen) atoms. The Morgan fingerprint density at radius 2 is 2.00 bits per heavy atom. The third kappa shape index (κ3) is 2.34. The van der Waals surface area contributed by atoms with E-state index < -0.39 is 0 Å². The van der Waals surface area contributed by atoms with Crippen LogP contribution in [-0.2, 0) is 0 Å². The van der Waals surface area contributed by atoms with E-state index in [4.69, 9.17) is 8.83 Å². The van der Waals surface area contributed by atoms with Crippen molar-refractivity contribution in [2.75, 3.05) is 5.32 Å². The van der Waals surface area contributed by atoms with Gasteiger partial charge in [-0.05, 0) is 24.3 Å². The molecule has 7 heteroatoms. The molecule has 0 atom stereocenters. The zero-order valence-corrected chi connectivity index (χ0v) is 9.61. The topological polar surface area (TPSA) is 94.1 Å². The molecule has 0 aliphatic heterocycles. The molecule has 7 nitrogen and oxygen atoms in total. The van der Waals surface area contributed by atoms with Gasteiger partial charge in [0.1, 0.15) is 0 Å². The molecule has 0 fully saturated rings. The summed E-state index contributed by atoms with van der Waals surface area (Å²) < 4.78 is 10.4. The van der Waals surface area contributed by atoms with Gasteiger partial charge in [-0.3, -0.25) is 15.1 Å². The molecule has 1 N–H and O–H groups in total. The highest BCUT2D eigenvalue weighted by Crippen LogP contribution is 2.20. The number of hydrogen-bond acceptors (Lipinski definition) is 6. The van der Waals surface area contributed by atoms with Gasteiger partial charge in [-0.25, -0.2) is 0 Å². The fourth-order valence-electron chi connectivity index (χ4n) is 1.45. The molecule has 3 rings (SSSR count). The van der Waals surface area contributed by atoms with Gasteiger partial charge in [0.15, 0.2) is 5.76 Å². The van der Waals surface area contributed by atoms with E-state index >= 15 is 0 Å². The standard InChI is InChI=1S/C12H8N4O3/c17-10(8-3-5-13-6-4-8)14-12-16-15-11(19-12)9-2-1-7-18-9/h1-7H,(H,14,16,17). The Hall–Kier alpha value is -2.96. The minimum atomic E-state index is -0.350. The molecule has 1 amide bonds. The van der Waals surface area contributed by atoms with Gasteiger partial charge >= 0.3 is 6.01 Å². The maximum absolute atomic E-state index is 11.8. The fraction of sp³-hybridized carbons (Fsp3) is 0. The molecule has 0 aliphatic carbocycles. The Morgan fingerprint density at radius 3 is 2.74 bits per heavy atom. The van der Waals surface area contributed by atoms with Crippen LogP contribution in [0.3, 0.4) is 0 Å². The number of hydrogen-bond donors (Lipinski definition) is 1. The lowest BCUT2D eigenvalue weighted by molar-refractivity contribution is 0.102. The number of pyridine rings is 1. The number of anilines is 1. The van der Waals surface area contributed by atoms with Gasteiger partial charge in [0.05, 0.1) is 6.26 Å². The number of rotatable bonds is 3. The molecule has 0 aliphatic rings. The predicted octanol–water partition coefficient (Wildman–Crippen LogP) is 1.98. The molecule has 0 unspecified atom stereocenters. The van der Waals surface area contributed by atoms with Crippen LogP contribution < -0.4 is 5.32 Å². The van der Waals surface area contributed by atoms with Crippen LogP contribution in [0.4, 0.5) is 6.01 Å². The van der Waals surface area contributed by atoms with Crippen molar-refractivity contribution >= 4 is 11.9 Å². The first kappa shape index (κ1) is 11.1. The molecule has 0 spiro atoms. The minimum Gasteiger partial charge on any atom is -0.459 e. The first-order valence-electron chi connectivity index (χ1n) is 5.42. The summed E-state index contributed by atoms with van der Waals surface area (Å²) in [7, 11) is 0. The van der Waals surface area contributed by atoms with E-state index in [0.717, 1.165) is 0 Å². The van der Waals surface area contributed by atoms with Crippen LogP contribution in [0.2, 0.25) is 0 Å². The van der Waals surface area contributed by atoms with Crippen molar-refractivity contribution in [2.24, 2.45) is 0 Å². The summed E-state index contributed by atoms with van der Waals surface area (Å²) >= 11 is 0. The number of nitrogens with zero attached hydrogens (tertiary/aromatic N) is 3. The lowest BCUT2D eigenvalue weighted by Crippen LogP contribution is -2.11. The molecule has 0 radical (unpaired) electrons. The quantitative estimate of drug-likeness (QED) is 0.769. The summed E-state index contributed by atoms with van der Waals surface area (Å²) in [5.41, 5.74) is 0.452. The van der Waals surface area contributed by atoms with E-state index in [0.29, 0.717) is 11.3 Å². The number of nitrogens with one attached hydrogen (secondary N) is 1. The van der Waals surface area contributed by atoms with Gasteiger partial charge in [-0.1, -0.05) is 5.10 Å². The maximum Gasteiger partial charge on any atom is 0.322 e. The van der Waals surface area contributed by atoms with E-state index in [1.165, 1.54) is 18.7 Å². The van der Waals surface area contributed by atoms with Crippen LogP contribution in [0, 0.1) is 0 Å². The Labute approximate surface area is 107 Å². The first-order chi connectivity index (χ1) is 9.33. The van der Waals surface area contributed by atoms with Gasteiger partial charge in [-0.2, -0.15) is 0 Å². The van der Waals surface area contributed by atoms with Gasteiger partial charge in [-0.15, -0.1) is 5.10 Å². The first-order valence-corrected chi connectivity index (χ1v) is 5.42. The van der Waals surface area contributed by atoms with Gasteiger partial charge in [0.2, 0.25) is 0 Å². The molecule has 3 aromatic rings. The van der Waals surface area contributed by atoms with Crippen molar-refractivity contribution in [3.05, 3.63) is 48.5 Å². The smallest absolute Gasteiger partial charge is 0.322 e. The van der Waals surface area contributed by atoms with E-state index in [1.54, 1.807) is 24.3 Å². The monoisotopic (exact) mass is 256 g/mol. The summed E-state index contributed by atoms with van der Waals surface area (Å²) in [6.45, 7) is 0. The van der Waals surface area contributed by atoms with Crippen molar-refractivity contribution in [3.8, 4) is 11.7 Å². The van der Waals surface area contributed by atoms with E-state index in [2.05, 4.69) is 20.5 Å². The largest absolute Gasteiger partial charge is 0.459 e. The molecule has 0 bridgehead atoms. The summed E-state index contributed by atoms with van der Waals surface area (Å²) in [5, 5.41) is 9.97. The van der Waals surface area contributed by atoms with Crippen molar-refractivity contribution in [2.45, 2.75) is 0 Å². The maximum atomic E-state index is 11.8. The van der Waals surface area contributed by atoms with Crippen molar-refractivity contribution in [1.82, 2.24) is 15.2 Å². The normalized spacial score (nSPS) is 10.3. The van der Waals surface area contributed by atoms with Gasteiger partial charge in [0, 0.05) is 18.0 Å². The lowest BCUT2D eigenvalue weighted by Gasteiger charge is -1.98. The highest BCUT2D eigenvalue weighted by molar-refractivity contribution is 6.02. The van der Waals surface area contributed by atoms with Gasteiger partial charge in [0.25, 0.3) is 11.8 Å². The number of furan rings is 1. The zero-order chi connectivity index (χ0) is 13.1. The van der Waals surface area contributed by atoms with Crippen LogP contribution in [0.5, 0.6) is 0 Å². The summed E-state index contributed by atoms with van der Waals surface area (Å²) in [6.07, 6.45) is 4.54. The van der Waals surface area contributed by atoms with E-state index in [-0.39, 0.29) is 17.8 Å². The summed E-state index contributed by atoms with van der Waals surface area (Å²) in [4.78, 5) is 15.6. The Morgan fingerprint density at radius 1 is 1.16 bits per heavy atom. The highest BCUT2D eigenvalue weighted by Gasteiger charge is 2.13. The Bertz CT molecular complexity index is 676. The molecular weight excluding hydrogens is 248 g/mol. The summed E-state index contributed by atoms with van der Waals surface area (Å²) in [6, 6.07) is 6.56. The molecule has 0 saturated carbocycles. The average Bonchev–Trinajstić information content (AvgIpc) is 3.10. The van der Waals surface area contributed by atoms with E-state index in [1.807, 2.05) is 0 Å². The molecule has 0 aromatic carbocycles. The molecule has 94 valence electrons. The highest BCUT2D eigenvalue weighted by atomic mass is 16.4. The van der Waals surface area contributed by atoms with Crippen molar-refractivity contribution < 1.29 is 13.6 Å². The lowest BCUT2D eigenvalue weighted by atomic mass is 10.2. The second kappa shape index (κ2) is 4.73. The Balaban J connectivity index is 1.76. The molecule has 3 aromatic heterocycles. The van der Waals surface area contributed by atoms with Crippen LogP contribution in [-0.4, -0.2) is 21.1 Å². The average molecular weight is 256 g/mol. The number of carbonyl (C=O) groups is 1. The van der Waals surface area contributed by atoms with Gasteiger partial charge < -0.3 is 8.83 Å². The van der Waals surface area contributed by atoms with Crippen LogP contribution in [0.1, 0.15) is 10.4 Å². The van der Waals surface area contributed by atoms with Crippen LogP contribution in [0.15, 0.2) is 51.8 Å². The van der Waals surface area contributed by atoms with Crippen LogP contribution in [0.25, 0.3) is 11.7 Å². The number of carbonyl (C=O) groups excluding carboxylic acids is 1. The van der Waals surface area contributed by atoms with Crippen molar-refractivity contribution in [1.29, 1.82) is 0 Å². The summed E-state index contributed by atoms with van der Waals surface area (Å²) in [5.74, 6) is 0.295. The van der Waals surface area contributed by atoms with Crippen molar-refractivity contribution in [3.63, 3.8) is 0 Å². The van der Waals surface area contributed by atoms with E-state index in [9.17, 15) is 4.79 Å². The second-order valence-electron chi connectivity index (χ2n) is 3.58. The zero-order valence-electron chi connectivity index (χ0n) is 9.61. The van der Waals surface area contributed by atoms with Crippen LogP contribution >= 0.6 is 0 Å².